The van der Waals surface area contributed by atoms with Gasteiger partial charge in [-0.15, -0.1) is 0 Å². The minimum atomic E-state index is -0.409. The molecule has 0 fully saturated rings. The number of nitrogens with one attached hydrogen (secondary N) is 2. The predicted octanol–water partition coefficient (Wildman–Crippen LogP) is 3.72. The van der Waals surface area contributed by atoms with E-state index in [0.717, 1.165) is 21.3 Å². The van der Waals surface area contributed by atoms with Gasteiger partial charge < -0.3 is 10.1 Å². The zero-order valence-electron chi connectivity index (χ0n) is 13.8. The third-order valence-electron chi connectivity index (χ3n) is 3.36. The van der Waals surface area contributed by atoms with Crippen LogP contribution in [0.4, 0.5) is 5.69 Å². The van der Waals surface area contributed by atoms with Crippen LogP contribution in [0.5, 0.6) is 5.75 Å². The molecule has 0 unspecified atom stereocenters. The molecular weight excluding hydrogens is 370 g/mol. The number of hydrogen-bond donors (Lipinski definition) is 2. The van der Waals surface area contributed by atoms with Crippen molar-refractivity contribution in [3.05, 3.63) is 58.1 Å². The Morgan fingerprint density at radius 3 is 2.79 bits per heavy atom. The van der Waals surface area contributed by atoms with Crippen LogP contribution in [0.3, 0.4) is 0 Å². The fourth-order valence-electron chi connectivity index (χ4n) is 2.12. The van der Waals surface area contributed by atoms with Crippen molar-refractivity contribution in [3.8, 4) is 5.75 Å². The maximum Gasteiger partial charge on any atom is 0.262 e. The maximum atomic E-state index is 12.1. The van der Waals surface area contributed by atoms with Crippen LogP contribution in [0.1, 0.15) is 18.1 Å². The molecule has 0 radical (unpaired) electrons. The van der Waals surface area contributed by atoms with Gasteiger partial charge in [-0.05, 0) is 49.7 Å². The number of hydrogen-bond acceptors (Lipinski definition) is 4. The molecule has 2 aromatic rings. The molecular formula is C18H20BrN3O2. The molecule has 0 spiro atoms. The Balaban J connectivity index is 1.96. The van der Waals surface area contributed by atoms with Gasteiger partial charge in [0, 0.05) is 15.7 Å². The highest BCUT2D eigenvalue weighted by atomic mass is 79.9. The number of carbonyl (C=O) groups excluding carboxylic acids is 1. The van der Waals surface area contributed by atoms with Crippen LogP contribution in [0.25, 0.3) is 0 Å². The summed E-state index contributed by atoms with van der Waals surface area (Å²) in [6, 6.07) is 13.0. The number of aryl methyl sites for hydroxylation is 1. The molecule has 0 saturated heterocycles. The molecule has 0 saturated carbocycles. The van der Waals surface area contributed by atoms with E-state index in [1.807, 2.05) is 49.4 Å². The van der Waals surface area contributed by atoms with Gasteiger partial charge in [0.1, 0.15) is 11.8 Å². The average Bonchev–Trinajstić information content (AvgIpc) is 2.55. The number of halogens is 1. The van der Waals surface area contributed by atoms with Crippen molar-refractivity contribution in [1.82, 2.24) is 5.43 Å². The van der Waals surface area contributed by atoms with Crippen molar-refractivity contribution in [1.29, 1.82) is 0 Å². The fourth-order valence-corrected chi connectivity index (χ4v) is 2.50. The number of carbonyl (C=O) groups is 1. The first-order valence-corrected chi connectivity index (χ1v) is 8.28. The lowest BCUT2D eigenvalue weighted by atomic mass is 10.2. The van der Waals surface area contributed by atoms with Gasteiger partial charge in [-0.3, -0.25) is 4.79 Å². The van der Waals surface area contributed by atoms with Crippen LogP contribution in [-0.4, -0.2) is 25.3 Å². The van der Waals surface area contributed by atoms with Crippen molar-refractivity contribution in [2.75, 3.05) is 12.4 Å². The van der Waals surface area contributed by atoms with Gasteiger partial charge in [-0.1, -0.05) is 28.1 Å². The molecule has 2 aromatic carbocycles. The van der Waals surface area contributed by atoms with E-state index in [0.29, 0.717) is 5.75 Å². The second-order valence-corrected chi connectivity index (χ2v) is 6.27. The van der Waals surface area contributed by atoms with E-state index in [1.54, 1.807) is 20.2 Å². The van der Waals surface area contributed by atoms with E-state index < -0.39 is 6.04 Å². The zero-order chi connectivity index (χ0) is 17.5. The molecule has 1 amide bonds. The molecule has 0 heterocycles. The number of anilines is 1. The minimum Gasteiger partial charge on any atom is -0.496 e. The molecule has 0 aromatic heterocycles. The molecule has 2 rings (SSSR count). The smallest absolute Gasteiger partial charge is 0.262 e. The molecule has 0 aliphatic carbocycles. The lowest BCUT2D eigenvalue weighted by Crippen LogP contribution is -2.34. The zero-order valence-corrected chi connectivity index (χ0v) is 15.4. The summed E-state index contributed by atoms with van der Waals surface area (Å²) in [5.41, 5.74) is 5.33. The van der Waals surface area contributed by atoms with Crippen molar-refractivity contribution in [2.24, 2.45) is 5.10 Å². The predicted molar refractivity (Wildman–Crippen MR) is 101 cm³/mol. The highest BCUT2D eigenvalue weighted by Crippen LogP contribution is 2.21. The SMILES string of the molecule is COc1ccc(Br)cc1C=NNC(=O)[C@H](C)Nc1cccc(C)c1. The second-order valence-electron chi connectivity index (χ2n) is 5.36. The summed E-state index contributed by atoms with van der Waals surface area (Å²) in [4.78, 5) is 12.1. The molecule has 0 aliphatic heterocycles. The van der Waals surface area contributed by atoms with E-state index in [9.17, 15) is 4.79 Å². The van der Waals surface area contributed by atoms with E-state index in [-0.39, 0.29) is 5.91 Å². The van der Waals surface area contributed by atoms with Crippen LogP contribution < -0.4 is 15.5 Å². The minimum absolute atomic E-state index is 0.221. The lowest BCUT2D eigenvalue weighted by molar-refractivity contribution is -0.121. The molecule has 5 nitrogen and oxygen atoms in total. The largest absolute Gasteiger partial charge is 0.496 e. The molecule has 1 atom stereocenters. The summed E-state index contributed by atoms with van der Waals surface area (Å²) in [5, 5.41) is 7.15. The topological polar surface area (TPSA) is 62.7 Å². The Kier molecular flexibility index (Phi) is 6.37. The van der Waals surface area contributed by atoms with Gasteiger partial charge >= 0.3 is 0 Å². The normalized spacial score (nSPS) is 12.0. The maximum absolute atomic E-state index is 12.1. The summed E-state index contributed by atoms with van der Waals surface area (Å²) in [6.45, 7) is 3.79. The van der Waals surface area contributed by atoms with E-state index >= 15 is 0 Å². The van der Waals surface area contributed by atoms with Gasteiger partial charge in [-0.25, -0.2) is 5.43 Å². The molecule has 126 valence electrons. The Labute approximate surface area is 150 Å². The van der Waals surface area contributed by atoms with Crippen LogP contribution >= 0.6 is 15.9 Å². The van der Waals surface area contributed by atoms with Crippen molar-refractivity contribution >= 4 is 33.7 Å². The third kappa shape index (κ3) is 5.09. The lowest BCUT2D eigenvalue weighted by Gasteiger charge is -2.13. The van der Waals surface area contributed by atoms with Crippen LogP contribution in [0, 0.1) is 6.92 Å². The van der Waals surface area contributed by atoms with Gasteiger partial charge in [-0.2, -0.15) is 5.10 Å². The Bertz CT molecular complexity index is 747. The van der Waals surface area contributed by atoms with E-state index in [4.69, 9.17) is 4.74 Å². The molecule has 24 heavy (non-hydrogen) atoms. The van der Waals surface area contributed by atoms with Crippen molar-refractivity contribution in [3.63, 3.8) is 0 Å². The second kappa shape index (κ2) is 8.49. The number of rotatable bonds is 6. The van der Waals surface area contributed by atoms with Crippen LogP contribution in [0.15, 0.2) is 52.0 Å². The third-order valence-corrected chi connectivity index (χ3v) is 3.86. The number of benzene rings is 2. The number of hydrazone groups is 1. The monoisotopic (exact) mass is 389 g/mol. The van der Waals surface area contributed by atoms with Gasteiger partial charge in [0.25, 0.3) is 5.91 Å². The average molecular weight is 390 g/mol. The van der Waals surface area contributed by atoms with Crippen molar-refractivity contribution < 1.29 is 9.53 Å². The summed E-state index contributed by atoms with van der Waals surface area (Å²) in [7, 11) is 1.59. The first-order chi connectivity index (χ1) is 11.5. The fraction of sp³-hybridized carbons (Fsp3) is 0.222. The van der Waals surface area contributed by atoms with E-state index in [1.165, 1.54) is 0 Å². The number of ether oxygens (including phenoxy) is 1. The van der Waals surface area contributed by atoms with Gasteiger partial charge in [0.2, 0.25) is 0 Å². The number of amides is 1. The summed E-state index contributed by atoms with van der Waals surface area (Å²) < 4.78 is 6.17. The Morgan fingerprint density at radius 2 is 2.08 bits per heavy atom. The van der Waals surface area contributed by atoms with Crippen LogP contribution in [0.2, 0.25) is 0 Å². The number of nitrogens with zero attached hydrogens (tertiary/aromatic N) is 1. The van der Waals surface area contributed by atoms with Crippen LogP contribution in [-0.2, 0) is 4.79 Å². The van der Waals surface area contributed by atoms with E-state index in [2.05, 4.69) is 31.8 Å². The summed E-state index contributed by atoms with van der Waals surface area (Å²) >= 11 is 3.40. The highest BCUT2D eigenvalue weighted by molar-refractivity contribution is 9.10. The van der Waals surface area contributed by atoms with Crippen molar-refractivity contribution in [2.45, 2.75) is 19.9 Å². The summed E-state index contributed by atoms with van der Waals surface area (Å²) in [5.74, 6) is 0.462. The molecule has 6 heteroatoms. The Hall–Kier alpha value is -2.34. The quantitative estimate of drug-likeness (QED) is 0.584. The van der Waals surface area contributed by atoms with Gasteiger partial charge in [0.05, 0.1) is 13.3 Å². The standard InChI is InChI=1S/C18H20BrN3O2/c1-12-5-4-6-16(9-12)21-13(2)18(23)22-20-11-14-10-15(19)7-8-17(14)24-3/h4-11,13,21H,1-3H3,(H,22,23)/t13-/m0/s1. The molecule has 0 bridgehead atoms. The van der Waals surface area contributed by atoms with Gasteiger partial charge in [0.15, 0.2) is 0 Å². The molecule has 0 aliphatic rings. The first kappa shape index (κ1) is 18.0. The Morgan fingerprint density at radius 1 is 1.29 bits per heavy atom. The highest BCUT2D eigenvalue weighted by Gasteiger charge is 2.11. The first-order valence-electron chi connectivity index (χ1n) is 7.49. The number of methoxy groups -OCH3 is 1. The summed E-state index contributed by atoms with van der Waals surface area (Å²) in [6.07, 6.45) is 1.56. The molecule has 2 N–H and O–H groups in total.